The van der Waals surface area contributed by atoms with E-state index >= 15 is 0 Å². The van der Waals surface area contributed by atoms with Gasteiger partial charge in [0.25, 0.3) is 0 Å². The minimum atomic E-state index is -1.08. The quantitative estimate of drug-likeness (QED) is 0.847. The fourth-order valence-corrected chi connectivity index (χ4v) is 3.17. The molecule has 17 heavy (non-hydrogen) atoms. The van der Waals surface area contributed by atoms with Crippen molar-refractivity contribution >= 4 is 21.9 Å². The zero-order valence-corrected chi connectivity index (χ0v) is 10.6. The van der Waals surface area contributed by atoms with Crippen LogP contribution in [-0.4, -0.2) is 11.1 Å². The minimum Gasteiger partial charge on any atom is -0.481 e. The Morgan fingerprint density at radius 1 is 1.29 bits per heavy atom. The molecule has 2 nitrogen and oxygen atoms in total. The average molecular weight is 305 g/mol. The van der Waals surface area contributed by atoms with E-state index in [4.69, 9.17) is 0 Å². The van der Waals surface area contributed by atoms with Crippen molar-refractivity contribution in [1.82, 2.24) is 0 Å². The second-order valence-electron chi connectivity index (χ2n) is 4.32. The molecule has 0 atom stereocenters. The van der Waals surface area contributed by atoms with Gasteiger partial charge >= 0.3 is 5.97 Å². The van der Waals surface area contributed by atoms with Gasteiger partial charge < -0.3 is 5.11 Å². The van der Waals surface area contributed by atoms with E-state index in [1.54, 1.807) is 0 Å². The van der Waals surface area contributed by atoms with E-state index in [1.165, 1.54) is 6.07 Å². The Morgan fingerprint density at radius 3 is 2.41 bits per heavy atom. The van der Waals surface area contributed by atoms with Crippen molar-refractivity contribution in [2.75, 3.05) is 0 Å². The number of rotatable bonds is 2. The van der Waals surface area contributed by atoms with Gasteiger partial charge in [0.1, 0.15) is 0 Å². The third kappa shape index (κ3) is 1.86. The third-order valence-corrected chi connectivity index (χ3v) is 4.19. The lowest BCUT2D eigenvalue weighted by molar-refractivity contribution is -0.143. The number of halogens is 3. The highest BCUT2D eigenvalue weighted by atomic mass is 79.9. The largest absolute Gasteiger partial charge is 0.481 e. The van der Waals surface area contributed by atoms with Gasteiger partial charge in [0.05, 0.1) is 9.89 Å². The molecule has 1 N–H and O–H groups in total. The van der Waals surface area contributed by atoms with Gasteiger partial charge in [0, 0.05) is 0 Å². The van der Waals surface area contributed by atoms with E-state index in [0.717, 1.165) is 18.9 Å². The molecule has 0 heterocycles. The molecule has 0 bridgehead atoms. The summed E-state index contributed by atoms with van der Waals surface area (Å²) in [6, 6.07) is 2.35. The highest BCUT2D eigenvalue weighted by molar-refractivity contribution is 9.10. The molecular weight excluding hydrogens is 294 g/mol. The second kappa shape index (κ2) is 4.37. The van der Waals surface area contributed by atoms with Crippen LogP contribution in [0.5, 0.6) is 0 Å². The molecular formula is C12H11BrF2O2. The summed E-state index contributed by atoms with van der Waals surface area (Å²) in [5.74, 6) is -2.96. The Hall–Kier alpha value is -0.970. The number of aliphatic carboxylic acids is 1. The second-order valence-corrected chi connectivity index (χ2v) is 5.11. The van der Waals surface area contributed by atoms with Crippen molar-refractivity contribution < 1.29 is 18.7 Å². The van der Waals surface area contributed by atoms with Crippen LogP contribution in [0.25, 0.3) is 0 Å². The molecule has 1 fully saturated rings. The Bertz CT molecular complexity index is 468. The zero-order valence-electron chi connectivity index (χ0n) is 8.97. The summed E-state index contributed by atoms with van der Waals surface area (Å²) in [6.45, 7) is 0. The number of carboxylic acid groups (broad SMARTS) is 1. The van der Waals surface area contributed by atoms with Gasteiger partial charge in [-0.25, -0.2) is 8.78 Å². The summed E-state index contributed by atoms with van der Waals surface area (Å²) in [6.07, 6.45) is 2.51. The molecule has 0 amide bonds. The first-order valence-corrected chi connectivity index (χ1v) is 6.16. The van der Waals surface area contributed by atoms with E-state index in [9.17, 15) is 18.7 Å². The first kappa shape index (κ1) is 12.5. The van der Waals surface area contributed by atoms with Crippen LogP contribution in [0.2, 0.25) is 0 Å². The van der Waals surface area contributed by atoms with Gasteiger partial charge in [0.2, 0.25) is 0 Å². The fourth-order valence-electron chi connectivity index (χ4n) is 2.47. The van der Waals surface area contributed by atoms with Crippen molar-refractivity contribution in [1.29, 1.82) is 0 Å². The summed E-state index contributed by atoms with van der Waals surface area (Å²) in [5, 5.41) is 9.36. The van der Waals surface area contributed by atoms with E-state index in [2.05, 4.69) is 15.9 Å². The van der Waals surface area contributed by atoms with Gasteiger partial charge in [-0.05, 0) is 40.4 Å². The van der Waals surface area contributed by atoms with Crippen LogP contribution in [0.4, 0.5) is 8.78 Å². The van der Waals surface area contributed by atoms with Gasteiger partial charge in [-0.2, -0.15) is 0 Å². The standard InChI is InChI=1S/C12H11BrF2O2/c13-9-7(3-4-8(14)10(9)15)12(11(16)17)5-1-2-6-12/h3-4H,1-2,5-6H2,(H,16,17). The highest BCUT2D eigenvalue weighted by Gasteiger charge is 2.44. The average Bonchev–Trinajstić information content (AvgIpc) is 2.76. The van der Waals surface area contributed by atoms with Gasteiger partial charge in [-0.1, -0.05) is 18.9 Å². The maximum atomic E-state index is 13.5. The van der Waals surface area contributed by atoms with Gasteiger partial charge in [-0.15, -0.1) is 0 Å². The summed E-state index contributed by atoms with van der Waals surface area (Å²) < 4.78 is 26.4. The van der Waals surface area contributed by atoms with Crippen molar-refractivity contribution in [3.8, 4) is 0 Å². The minimum absolute atomic E-state index is 0.0678. The highest BCUT2D eigenvalue weighted by Crippen LogP contribution is 2.44. The summed E-state index contributed by atoms with van der Waals surface area (Å²) in [4.78, 5) is 11.4. The Balaban J connectivity index is 2.59. The Morgan fingerprint density at radius 2 is 1.88 bits per heavy atom. The molecule has 0 aromatic heterocycles. The molecule has 1 aromatic carbocycles. The molecule has 0 saturated heterocycles. The summed E-state index contributed by atoms with van der Waals surface area (Å²) in [7, 11) is 0. The van der Waals surface area contributed by atoms with E-state index in [1.807, 2.05) is 0 Å². The predicted molar refractivity (Wildman–Crippen MR) is 61.8 cm³/mol. The maximum absolute atomic E-state index is 13.5. The van der Waals surface area contributed by atoms with Gasteiger partial charge in [0.15, 0.2) is 11.6 Å². The number of hydrogen-bond acceptors (Lipinski definition) is 1. The molecule has 0 spiro atoms. The van der Waals surface area contributed by atoms with Crippen molar-refractivity contribution in [2.24, 2.45) is 0 Å². The van der Waals surface area contributed by atoms with E-state index < -0.39 is 23.0 Å². The maximum Gasteiger partial charge on any atom is 0.314 e. The third-order valence-electron chi connectivity index (χ3n) is 3.42. The first-order valence-electron chi connectivity index (χ1n) is 5.36. The van der Waals surface area contributed by atoms with Crippen LogP contribution in [0.1, 0.15) is 31.2 Å². The molecule has 5 heteroatoms. The number of hydrogen-bond donors (Lipinski definition) is 1. The summed E-state index contributed by atoms with van der Waals surface area (Å²) >= 11 is 2.97. The molecule has 0 unspecified atom stereocenters. The van der Waals surface area contributed by atoms with Crippen LogP contribution in [-0.2, 0) is 10.2 Å². The lowest BCUT2D eigenvalue weighted by Gasteiger charge is -2.25. The van der Waals surface area contributed by atoms with Crippen LogP contribution in [0.15, 0.2) is 16.6 Å². The number of benzene rings is 1. The normalized spacial score (nSPS) is 18.3. The molecule has 1 aromatic rings. The monoisotopic (exact) mass is 304 g/mol. The number of carbonyl (C=O) groups is 1. The zero-order chi connectivity index (χ0) is 12.6. The van der Waals surface area contributed by atoms with Crippen LogP contribution in [0.3, 0.4) is 0 Å². The first-order chi connectivity index (χ1) is 7.99. The van der Waals surface area contributed by atoms with E-state index in [0.29, 0.717) is 18.4 Å². The molecule has 92 valence electrons. The topological polar surface area (TPSA) is 37.3 Å². The molecule has 1 aliphatic carbocycles. The fraction of sp³-hybridized carbons (Fsp3) is 0.417. The number of carboxylic acids is 1. The molecule has 1 aliphatic rings. The smallest absolute Gasteiger partial charge is 0.314 e. The predicted octanol–water partition coefficient (Wildman–Crippen LogP) is 3.62. The summed E-state index contributed by atoms with van der Waals surface area (Å²) in [5.41, 5.74) is -0.741. The molecule has 0 aliphatic heterocycles. The SMILES string of the molecule is O=C(O)C1(c2ccc(F)c(F)c2Br)CCCC1. The lowest BCUT2D eigenvalue weighted by Crippen LogP contribution is -2.33. The van der Waals surface area contributed by atoms with Crippen LogP contribution in [0, 0.1) is 11.6 Å². The Labute approximate surface area is 106 Å². The Kier molecular flexibility index (Phi) is 3.21. The van der Waals surface area contributed by atoms with Gasteiger partial charge in [-0.3, -0.25) is 4.79 Å². The van der Waals surface area contributed by atoms with Crippen molar-refractivity contribution in [3.05, 3.63) is 33.8 Å². The molecule has 2 rings (SSSR count). The van der Waals surface area contributed by atoms with Crippen LogP contribution >= 0.6 is 15.9 Å². The van der Waals surface area contributed by atoms with Crippen molar-refractivity contribution in [3.63, 3.8) is 0 Å². The van der Waals surface area contributed by atoms with E-state index in [-0.39, 0.29) is 4.47 Å². The molecule has 1 saturated carbocycles. The van der Waals surface area contributed by atoms with Crippen LogP contribution < -0.4 is 0 Å². The van der Waals surface area contributed by atoms with Crippen molar-refractivity contribution in [2.45, 2.75) is 31.1 Å². The lowest BCUT2D eigenvalue weighted by atomic mass is 9.79. The molecule has 0 radical (unpaired) electrons.